The number of rotatable bonds is 12. The molecule has 3 aromatic carbocycles. The first-order valence-corrected chi connectivity index (χ1v) is 11.7. The monoisotopic (exact) mass is 474 g/mol. The molecule has 0 heterocycles. The Morgan fingerprint density at radius 1 is 0.914 bits per heavy atom. The summed E-state index contributed by atoms with van der Waals surface area (Å²) in [7, 11) is 0. The van der Waals surface area contributed by atoms with Gasteiger partial charge in [-0.2, -0.15) is 0 Å². The molecule has 0 aliphatic rings. The Hall–Kier alpha value is -4.20. The van der Waals surface area contributed by atoms with Crippen molar-refractivity contribution in [1.29, 1.82) is 0 Å². The molecule has 0 saturated heterocycles. The molecular weight excluding hydrogens is 444 g/mol. The normalized spacial score (nSPS) is 11.2. The minimum absolute atomic E-state index is 0.107. The fourth-order valence-electron chi connectivity index (χ4n) is 3.78. The predicted molar refractivity (Wildman–Crippen MR) is 139 cm³/mol. The van der Waals surface area contributed by atoms with Gasteiger partial charge in [0.05, 0.1) is 9.85 Å². The number of nitrogens with zero attached hydrogens (tertiary/aromatic N) is 3. The van der Waals surface area contributed by atoms with Crippen LogP contribution in [0.4, 0.5) is 22.7 Å². The van der Waals surface area contributed by atoms with E-state index in [4.69, 9.17) is 0 Å². The van der Waals surface area contributed by atoms with Crippen LogP contribution in [0.25, 0.3) is 0 Å². The van der Waals surface area contributed by atoms with Crippen molar-refractivity contribution in [2.75, 3.05) is 10.2 Å². The molecule has 0 amide bonds. The van der Waals surface area contributed by atoms with Gasteiger partial charge in [-0.25, -0.2) is 0 Å². The minimum atomic E-state index is -0.539. The quantitative estimate of drug-likeness (QED) is 0.167. The van der Waals surface area contributed by atoms with Crippen LogP contribution >= 0.6 is 0 Å². The Bertz CT molecular complexity index is 1170. The zero-order valence-corrected chi connectivity index (χ0v) is 20.0. The lowest BCUT2D eigenvalue weighted by atomic mass is 10.1. The number of unbranched alkanes of at least 4 members (excludes halogenated alkanes) is 3. The Labute approximate surface area is 205 Å². The highest BCUT2D eigenvalue weighted by Crippen LogP contribution is 2.32. The fourth-order valence-corrected chi connectivity index (χ4v) is 3.78. The second-order valence-corrected chi connectivity index (χ2v) is 8.38. The van der Waals surface area contributed by atoms with Crippen LogP contribution in [0.15, 0.2) is 84.8 Å². The number of hydrogen-bond acceptors (Lipinski definition) is 6. The number of aryl methyl sites for hydroxylation is 2. The van der Waals surface area contributed by atoms with E-state index in [0.29, 0.717) is 5.69 Å². The van der Waals surface area contributed by atoms with Crippen LogP contribution in [0, 0.1) is 27.2 Å². The summed E-state index contributed by atoms with van der Waals surface area (Å²) >= 11 is 0. The average Bonchev–Trinajstić information content (AvgIpc) is 2.84. The summed E-state index contributed by atoms with van der Waals surface area (Å²) in [6.45, 7) is 4.16. The molecule has 3 aromatic rings. The second kappa shape index (κ2) is 12.3. The van der Waals surface area contributed by atoms with E-state index >= 15 is 0 Å². The first-order valence-electron chi connectivity index (χ1n) is 11.7. The summed E-state index contributed by atoms with van der Waals surface area (Å²) < 4.78 is 0. The number of nitrogens with one attached hydrogen (secondary N) is 1. The van der Waals surface area contributed by atoms with Gasteiger partial charge in [-0.05, 0) is 55.7 Å². The van der Waals surface area contributed by atoms with E-state index in [-0.39, 0.29) is 11.5 Å². The zero-order valence-electron chi connectivity index (χ0n) is 20.0. The predicted octanol–water partition coefficient (Wildman–Crippen LogP) is 7.35. The maximum absolute atomic E-state index is 11.6. The topological polar surface area (TPSA) is 102 Å². The Morgan fingerprint density at radius 2 is 1.57 bits per heavy atom. The van der Waals surface area contributed by atoms with Crippen LogP contribution in [0.2, 0.25) is 0 Å². The summed E-state index contributed by atoms with van der Waals surface area (Å²) in [4.78, 5) is 23.5. The number of non-ortho nitro benzene ring substituents is 1. The molecule has 3 rings (SSSR count). The molecule has 0 saturated carbocycles. The van der Waals surface area contributed by atoms with Crippen molar-refractivity contribution in [2.45, 2.75) is 46.0 Å². The van der Waals surface area contributed by atoms with E-state index < -0.39 is 9.85 Å². The van der Waals surface area contributed by atoms with Crippen molar-refractivity contribution >= 4 is 22.7 Å². The van der Waals surface area contributed by atoms with Gasteiger partial charge in [0.2, 0.25) is 0 Å². The number of benzene rings is 3. The van der Waals surface area contributed by atoms with Crippen molar-refractivity contribution in [3.63, 3.8) is 0 Å². The van der Waals surface area contributed by atoms with E-state index in [0.717, 1.165) is 36.0 Å². The molecule has 35 heavy (non-hydrogen) atoms. The smallest absolute Gasteiger partial charge is 0.275 e. The summed E-state index contributed by atoms with van der Waals surface area (Å²) in [6.07, 6.45) is 6.57. The first kappa shape index (κ1) is 25.4. The van der Waals surface area contributed by atoms with Gasteiger partial charge in [0.25, 0.3) is 11.9 Å². The van der Waals surface area contributed by atoms with Crippen LogP contribution in [0.3, 0.4) is 0 Å². The van der Waals surface area contributed by atoms with Crippen LogP contribution in [0.5, 0.6) is 0 Å². The van der Waals surface area contributed by atoms with Crippen molar-refractivity contribution in [3.05, 3.63) is 116 Å². The minimum Gasteiger partial charge on any atom is -0.336 e. The number of nitro groups is 2. The standard InChI is InChI=1S/C27H30N4O4/c1-3-4-5-6-8-22-13-17-25(18-14-22)30(24-15-11-21(2)12-16-24)27(20-29(32)33)28-23-9-7-10-26(19-23)31(34)35/h7,9-20,28H,3-6,8H2,1-2H3/b27-20-. The van der Waals surface area contributed by atoms with Gasteiger partial charge in [0.15, 0.2) is 5.82 Å². The summed E-state index contributed by atoms with van der Waals surface area (Å²) in [6, 6.07) is 21.5. The van der Waals surface area contributed by atoms with Crippen molar-refractivity contribution in [2.24, 2.45) is 0 Å². The van der Waals surface area contributed by atoms with Gasteiger partial charge in [-0.1, -0.05) is 62.1 Å². The van der Waals surface area contributed by atoms with E-state index in [1.54, 1.807) is 11.0 Å². The third kappa shape index (κ3) is 7.40. The van der Waals surface area contributed by atoms with Crippen molar-refractivity contribution in [1.82, 2.24) is 0 Å². The van der Waals surface area contributed by atoms with Gasteiger partial charge < -0.3 is 5.32 Å². The third-order valence-electron chi connectivity index (χ3n) is 5.60. The highest BCUT2D eigenvalue weighted by Gasteiger charge is 2.19. The second-order valence-electron chi connectivity index (χ2n) is 8.38. The molecule has 0 aromatic heterocycles. The van der Waals surface area contributed by atoms with Crippen molar-refractivity contribution in [3.8, 4) is 0 Å². The third-order valence-corrected chi connectivity index (χ3v) is 5.60. The maximum Gasteiger partial charge on any atom is 0.275 e. The Balaban J connectivity index is 1.99. The lowest BCUT2D eigenvalue weighted by molar-refractivity contribution is -0.403. The van der Waals surface area contributed by atoms with Gasteiger partial charge >= 0.3 is 0 Å². The van der Waals surface area contributed by atoms with Gasteiger partial charge in [0, 0.05) is 29.2 Å². The molecule has 0 fully saturated rings. The molecular formula is C27H30N4O4. The molecule has 0 unspecified atom stereocenters. The van der Waals surface area contributed by atoms with Crippen LogP contribution in [0.1, 0.15) is 43.7 Å². The zero-order chi connectivity index (χ0) is 25.2. The molecule has 0 atom stereocenters. The van der Waals surface area contributed by atoms with E-state index in [1.165, 1.54) is 43.0 Å². The lowest BCUT2D eigenvalue weighted by Gasteiger charge is -2.27. The molecule has 0 aliphatic carbocycles. The van der Waals surface area contributed by atoms with E-state index in [1.807, 2.05) is 55.5 Å². The van der Waals surface area contributed by atoms with E-state index in [9.17, 15) is 20.2 Å². The van der Waals surface area contributed by atoms with Gasteiger partial charge in [0.1, 0.15) is 0 Å². The molecule has 0 spiro atoms. The average molecular weight is 475 g/mol. The number of hydrogen-bond donors (Lipinski definition) is 1. The fraction of sp³-hybridized carbons (Fsp3) is 0.259. The molecule has 0 bridgehead atoms. The Kier molecular flexibility index (Phi) is 8.95. The highest BCUT2D eigenvalue weighted by atomic mass is 16.6. The van der Waals surface area contributed by atoms with Crippen LogP contribution < -0.4 is 10.2 Å². The molecule has 0 radical (unpaired) electrons. The van der Waals surface area contributed by atoms with Crippen LogP contribution in [-0.4, -0.2) is 9.85 Å². The SMILES string of the molecule is CCCCCCc1ccc(N(/C(=C\[N+](=O)[O-])Nc2cccc([N+](=O)[O-])c2)c2ccc(C)cc2)cc1. The first-order chi connectivity index (χ1) is 16.9. The largest absolute Gasteiger partial charge is 0.336 e. The number of nitro benzene ring substituents is 1. The van der Waals surface area contributed by atoms with Gasteiger partial charge in [-0.15, -0.1) is 0 Å². The molecule has 8 nitrogen and oxygen atoms in total. The van der Waals surface area contributed by atoms with Gasteiger partial charge in [-0.3, -0.25) is 25.1 Å². The molecule has 0 aliphatic heterocycles. The lowest BCUT2D eigenvalue weighted by Crippen LogP contribution is -2.23. The molecule has 8 heteroatoms. The van der Waals surface area contributed by atoms with Crippen molar-refractivity contribution < 1.29 is 9.85 Å². The number of anilines is 3. The van der Waals surface area contributed by atoms with E-state index in [2.05, 4.69) is 12.2 Å². The highest BCUT2D eigenvalue weighted by molar-refractivity contribution is 5.71. The Morgan fingerprint density at radius 3 is 2.17 bits per heavy atom. The maximum atomic E-state index is 11.6. The van der Waals surface area contributed by atoms with Crippen LogP contribution in [-0.2, 0) is 6.42 Å². The summed E-state index contributed by atoms with van der Waals surface area (Å²) in [5, 5.41) is 25.8. The summed E-state index contributed by atoms with van der Waals surface area (Å²) in [5.74, 6) is 0.162. The molecule has 1 N–H and O–H groups in total. The molecule has 182 valence electrons. The summed E-state index contributed by atoms with van der Waals surface area (Å²) in [5.41, 5.74) is 3.99.